The van der Waals surface area contributed by atoms with E-state index < -0.39 is 8.32 Å². The van der Waals surface area contributed by atoms with Crippen LogP contribution in [0.25, 0.3) is 6.08 Å². The SMILES string of the molecule is CC(C)(C)[Si](C)(C)OC(=C/c1ccc(F)cc1)/N=C/c1ccccc1. The summed E-state index contributed by atoms with van der Waals surface area (Å²) in [5.74, 6) is 0.304. The molecule has 0 aliphatic rings. The Balaban J connectivity index is 2.34. The molecule has 0 fully saturated rings. The zero-order valence-electron chi connectivity index (χ0n) is 15.6. The normalized spacial score (nSPS) is 13.3. The summed E-state index contributed by atoms with van der Waals surface area (Å²) in [5.41, 5.74) is 1.87. The van der Waals surface area contributed by atoms with E-state index in [2.05, 4.69) is 38.9 Å². The fraction of sp³-hybridized carbons (Fsp3) is 0.286. The largest absolute Gasteiger partial charge is 0.531 e. The first-order valence-electron chi connectivity index (χ1n) is 8.43. The predicted octanol–water partition coefficient (Wildman–Crippen LogP) is 6.27. The molecule has 25 heavy (non-hydrogen) atoms. The van der Waals surface area contributed by atoms with Crippen LogP contribution in [0.2, 0.25) is 18.1 Å². The van der Waals surface area contributed by atoms with Crippen LogP contribution in [-0.2, 0) is 4.43 Å². The van der Waals surface area contributed by atoms with Gasteiger partial charge in [0.25, 0.3) is 8.32 Å². The number of rotatable bonds is 5. The molecule has 0 bridgehead atoms. The summed E-state index contributed by atoms with van der Waals surface area (Å²) in [4.78, 5) is 4.57. The van der Waals surface area contributed by atoms with Gasteiger partial charge in [-0.2, -0.15) is 0 Å². The van der Waals surface area contributed by atoms with Crippen molar-refractivity contribution < 1.29 is 8.82 Å². The number of hydrogen-bond acceptors (Lipinski definition) is 2. The van der Waals surface area contributed by atoms with Crippen molar-refractivity contribution in [2.45, 2.75) is 38.9 Å². The molecule has 2 aromatic carbocycles. The molecule has 0 aromatic heterocycles. The molecule has 4 heteroatoms. The Kier molecular flexibility index (Phi) is 5.96. The van der Waals surface area contributed by atoms with Crippen molar-refractivity contribution >= 4 is 20.6 Å². The second-order valence-electron chi connectivity index (χ2n) is 7.57. The zero-order valence-corrected chi connectivity index (χ0v) is 16.6. The van der Waals surface area contributed by atoms with Crippen LogP contribution in [0, 0.1) is 5.82 Å². The fourth-order valence-electron chi connectivity index (χ4n) is 1.89. The highest BCUT2D eigenvalue weighted by atomic mass is 28.4. The van der Waals surface area contributed by atoms with Gasteiger partial charge in [-0.25, -0.2) is 9.38 Å². The van der Waals surface area contributed by atoms with Crippen molar-refractivity contribution in [3.8, 4) is 0 Å². The molecule has 0 N–H and O–H groups in total. The van der Waals surface area contributed by atoms with Crippen molar-refractivity contribution in [1.29, 1.82) is 0 Å². The van der Waals surface area contributed by atoms with Crippen molar-refractivity contribution in [2.24, 2.45) is 4.99 Å². The summed E-state index contributed by atoms with van der Waals surface area (Å²) in [6.07, 6.45) is 3.65. The standard InChI is InChI=1S/C21H26FNOSi/c1-21(2,3)25(4,5)24-20(15-17-11-13-19(22)14-12-17)23-16-18-9-7-6-8-10-18/h6-16H,1-5H3/b20-15+,23-16+. The van der Waals surface area contributed by atoms with Crippen LogP contribution >= 0.6 is 0 Å². The molecule has 2 rings (SSSR count). The molecule has 0 aliphatic carbocycles. The van der Waals surface area contributed by atoms with Gasteiger partial charge in [-0.1, -0.05) is 63.2 Å². The molecular formula is C21H26FNOSi. The van der Waals surface area contributed by atoms with Gasteiger partial charge in [-0.15, -0.1) is 0 Å². The number of nitrogens with zero attached hydrogens (tertiary/aromatic N) is 1. The lowest BCUT2D eigenvalue weighted by atomic mass is 10.2. The summed E-state index contributed by atoms with van der Waals surface area (Å²) in [6.45, 7) is 10.9. The lowest BCUT2D eigenvalue weighted by Crippen LogP contribution is -2.40. The Bertz CT molecular complexity index is 744. The first-order chi connectivity index (χ1) is 11.7. The average Bonchev–Trinajstić information content (AvgIpc) is 2.54. The van der Waals surface area contributed by atoms with E-state index in [4.69, 9.17) is 4.43 Å². The summed E-state index contributed by atoms with van der Waals surface area (Å²) >= 11 is 0. The minimum Gasteiger partial charge on any atom is -0.531 e. The van der Waals surface area contributed by atoms with Crippen LogP contribution in [0.3, 0.4) is 0 Å². The van der Waals surface area contributed by atoms with Gasteiger partial charge in [-0.05, 0) is 41.4 Å². The van der Waals surface area contributed by atoms with Crippen LogP contribution in [-0.4, -0.2) is 14.5 Å². The maximum atomic E-state index is 13.1. The van der Waals surface area contributed by atoms with Crippen LogP contribution in [0.5, 0.6) is 0 Å². The van der Waals surface area contributed by atoms with Crippen molar-refractivity contribution in [2.75, 3.05) is 0 Å². The number of aliphatic imine (C=N–C) groups is 1. The van der Waals surface area contributed by atoms with Gasteiger partial charge < -0.3 is 4.43 Å². The summed E-state index contributed by atoms with van der Waals surface area (Å²) < 4.78 is 19.5. The highest BCUT2D eigenvalue weighted by Crippen LogP contribution is 2.38. The van der Waals surface area contributed by atoms with Crippen molar-refractivity contribution in [3.05, 3.63) is 77.4 Å². The lowest BCUT2D eigenvalue weighted by Gasteiger charge is -2.36. The molecule has 0 radical (unpaired) electrons. The first-order valence-corrected chi connectivity index (χ1v) is 11.3. The molecule has 132 valence electrons. The fourth-order valence-corrected chi connectivity index (χ4v) is 2.83. The topological polar surface area (TPSA) is 21.6 Å². The molecule has 0 unspecified atom stereocenters. The molecule has 0 amide bonds. The molecule has 0 atom stereocenters. The van der Waals surface area contributed by atoms with Gasteiger partial charge in [0.15, 0.2) is 5.88 Å². The van der Waals surface area contributed by atoms with Crippen LogP contribution < -0.4 is 0 Å². The summed E-state index contributed by atoms with van der Waals surface area (Å²) in [6, 6.07) is 16.2. The van der Waals surface area contributed by atoms with Gasteiger partial charge in [0, 0.05) is 12.3 Å². The van der Waals surface area contributed by atoms with E-state index in [0.717, 1.165) is 11.1 Å². The van der Waals surface area contributed by atoms with E-state index in [9.17, 15) is 4.39 Å². The minimum atomic E-state index is -2.03. The molecule has 0 spiro atoms. The van der Waals surface area contributed by atoms with Gasteiger partial charge in [0.2, 0.25) is 0 Å². The Labute approximate surface area is 151 Å². The maximum Gasteiger partial charge on any atom is 0.252 e. The van der Waals surface area contributed by atoms with E-state index in [0.29, 0.717) is 5.88 Å². The lowest BCUT2D eigenvalue weighted by molar-refractivity contribution is 0.385. The Morgan fingerprint density at radius 2 is 1.56 bits per heavy atom. The second-order valence-corrected chi connectivity index (χ2v) is 12.3. The highest BCUT2D eigenvalue weighted by molar-refractivity contribution is 6.74. The molecular weight excluding hydrogens is 329 g/mol. The third-order valence-electron chi connectivity index (χ3n) is 4.47. The molecule has 0 heterocycles. The zero-order chi connectivity index (χ0) is 18.5. The van der Waals surface area contributed by atoms with Crippen LogP contribution in [0.15, 0.2) is 65.5 Å². The van der Waals surface area contributed by atoms with Gasteiger partial charge in [-0.3, -0.25) is 0 Å². The summed E-state index contributed by atoms with van der Waals surface area (Å²) in [5, 5.41) is 0.0666. The van der Waals surface area contributed by atoms with Gasteiger partial charge >= 0.3 is 0 Å². The highest BCUT2D eigenvalue weighted by Gasteiger charge is 2.39. The number of benzene rings is 2. The Morgan fingerprint density at radius 3 is 2.12 bits per heavy atom. The quantitative estimate of drug-likeness (QED) is 0.352. The average molecular weight is 356 g/mol. The smallest absolute Gasteiger partial charge is 0.252 e. The minimum absolute atomic E-state index is 0.0666. The number of halogens is 1. The number of hydrogen-bond donors (Lipinski definition) is 0. The predicted molar refractivity (Wildman–Crippen MR) is 107 cm³/mol. The van der Waals surface area contributed by atoms with Crippen molar-refractivity contribution in [1.82, 2.24) is 0 Å². The van der Waals surface area contributed by atoms with E-state index >= 15 is 0 Å². The molecule has 0 saturated heterocycles. The van der Waals surface area contributed by atoms with Crippen LogP contribution in [0.1, 0.15) is 31.9 Å². The van der Waals surface area contributed by atoms with E-state index in [1.165, 1.54) is 12.1 Å². The third kappa shape index (κ3) is 5.68. The third-order valence-corrected chi connectivity index (χ3v) is 8.80. The van der Waals surface area contributed by atoms with Gasteiger partial charge in [0.1, 0.15) is 5.82 Å². The molecule has 0 aliphatic heterocycles. The van der Waals surface area contributed by atoms with Crippen molar-refractivity contribution in [3.63, 3.8) is 0 Å². The molecule has 2 aromatic rings. The summed E-state index contributed by atoms with van der Waals surface area (Å²) in [7, 11) is -2.03. The van der Waals surface area contributed by atoms with E-state index in [1.54, 1.807) is 18.3 Å². The van der Waals surface area contributed by atoms with E-state index in [-0.39, 0.29) is 10.9 Å². The van der Waals surface area contributed by atoms with E-state index in [1.807, 2.05) is 36.4 Å². The van der Waals surface area contributed by atoms with Gasteiger partial charge in [0.05, 0.1) is 0 Å². The molecule has 0 saturated carbocycles. The molecule has 2 nitrogen and oxygen atoms in total. The van der Waals surface area contributed by atoms with Crippen LogP contribution in [0.4, 0.5) is 4.39 Å². The Morgan fingerprint density at radius 1 is 0.960 bits per heavy atom. The Hall–Kier alpha value is -2.20. The first kappa shape index (κ1) is 19.1. The maximum absolute atomic E-state index is 13.1. The monoisotopic (exact) mass is 355 g/mol. The second kappa shape index (κ2) is 7.79.